The summed E-state index contributed by atoms with van der Waals surface area (Å²) in [5.74, 6) is 1.67. The Morgan fingerprint density at radius 3 is 2.63 bits per heavy atom. The first-order chi connectivity index (χ1) is 13.1. The zero-order valence-corrected chi connectivity index (χ0v) is 15.9. The van der Waals surface area contributed by atoms with Crippen LogP contribution in [0.1, 0.15) is 38.2 Å². The fourth-order valence-corrected chi connectivity index (χ4v) is 3.03. The van der Waals surface area contributed by atoms with Crippen LogP contribution in [0.3, 0.4) is 0 Å². The average molecular weight is 369 g/mol. The Morgan fingerprint density at radius 2 is 1.93 bits per heavy atom. The Hall–Kier alpha value is -2.53. The van der Waals surface area contributed by atoms with Gasteiger partial charge >= 0.3 is 0 Å². The monoisotopic (exact) mass is 369 g/mol. The summed E-state index contributed by atoms with van der Waals surface area (Å²) in [6.07, 6.45) is 2.34. The zero-order valence-electron chi connectivity index (χ0n) is 15.9. The summed E-state index contributed by atoms with van der Waals surface area (Å²) in [6, 6.07) is 15.1. The molecule has 0 aromatic heterocycles. The minimum Gasteiger partial charge on any atom is -0.491 e. The van der Waals surface area contributed by atoms with Crippen LogP contribution in [-0.2, 0) is 9.53 Å². The van der Waals surface area contributed by atoms with Crippen LogP contribution >= 0.6 is 0 Å². The van der Waals surface area contributed by atoms with Crippen LogP contribution in [-0.4, -0.2) is 31.8 Å². The normalized spacial score (nSPS) is 16.3. The number of para-hydroxylation sites is 1. The Bertz CT molecular complexity index is 736. The van der Waals surface area contributed by atoms with Crippen molar-refractivity contribution in [2.75, 3.05) is 25.1 Å². The lowest BCUT2D eigenvalue weighted by molar-refractivity contribution is -0.118. The predicted octanol–water partition coefficient (Wildman–Crippen LogP) is 4.39. The van der Waals surface area contributed by atoms with Gasteiger partial charge in [0.1, 0.15) is 18.1 Å². The maximum absolute atomic E-state index is 12.2. The molecule has 1 fully saturated rings. The molecule has 1 aliphatic rings. The molecule has 2 aromatic rings. The minimum absolute atomic E-state index is 0.0268. The second-order valence-electron chi connectivity index (χ2n) is 7.00. The second-order valence-corrected chi connectivity index (χ2v) is 7.00. The number of hydrogen-bond donors (Lipinski definition) is 1. The SMILES string of the molecule is CC(C)c1ccccc1OCC(=O)Nc1ccc(OCC2CCCO2)cc1. The summed E-state index contributed by atoms with van der Waals surface area (Å²) in [5.41, 5.74) is 1.81. The van der Waals surface area contributed by atoms with Crippen molar-refractivity contribution in [3.8, 4) is 11.5 Å². The summed E-state index contributed by atoms with van der Waals surface area (Å²) in [4.78, 5) is 12.2. The summed E-state index contributed by atoms with van der Waals surface area (Å²) in [5, 5.41) is 2.84. The molecular weight excluding hydrogens is 342 g/mol. The van der Waals surface area contributed by atoms with Crippen LogP contribution in [0.4, 0.5) is 5.69 Å². The molecule has 27 heavy (non-hydrogen) atoms. The molecular formula is C22H27NO4. The van der Waals surface area contributed by atoms with Gasteiger partial charge in [-0.15, -0.1) is 0 Å². The Morgan fingerprint density at radius 1 is 1.15 bits per heavy atom. The van der Waals surface area contributed by atoms with Crippen molar-refractivity contribution in [1.82, 2.24) is 0 Å². The second kappa shape index (κ2) is 9.42. The number of hydrogen-bond acceptors (Lipinski definition) is 4. The lowest BCUT2D eigenvalue weighted by atomic mass is 10.0. The van der Waals surface area contributed by atoms with Crippen LogP contribution in [0.5, 0.6) is 11.5 Å². The van der Waals surface area contributed by atoms with Gasteiger partial charge in [0.05, 0.1) is 6.10 Å². The number of rotatable bonds is 8. The van der Waals surface area contributed by atoms with Crippen molar-refractivity contribution in [1.29, 1.82) is 0 Å². The topological polar surface area (TPSA) is 56.8 Å². The van der Waals surface area contributed by atoms with Crippen LogP contribution in [0.25, 0.3) is 0 Å². The van der Waals surface area contributed by atoms with E-state index in [9.17, 15) is 4.79 Å². The molecule has 1 N–H and O–H groups in total. The number of ether oxygens (including phenoxy) is 3. The van der Waals surface area contributed by atoms with Crippen LogP contribution in [0, 0.1) is 0 Å². The van der Waals surface area contributed by atoms with Crippen molar-refractivity contribution < 1.29 is 19.0 Å². The number of nitrogens with one attached hydrogen (secondary N) is 1. The van der Waals surface area contributed by atoms with E-state index in [1.54, 1.807) is 0 Å². The first-order valence-corrected chi connectivity index (χ1v) is 9.48. The minimum atomic E-state index is -0.193. The van der Waals surface area contributed by atoms with Gasteiger partial charge in [-0.25, -0.2) is 0 Å². The summed E-state index contributed by atoms with van der Waals surface area (Å²) < 4.78 is 17.0. The number of anilines is 1. The molecule has 0 spiro atoms. The quantitative estimate of drug-likeness (QED) is 0.750. The van der Waals surface area contributed by atoms with Crippen LogP contribution in [0.2, 0.25) is 0 Å². The molecule has 0 aliphatic carbocycles. The van der Waals surface area contributed by atoms with Crippen molar-refractivity contribution in [3.05, 3.63) is 54.1 Å². The standard InChI is InChI=1S/C22H27NO4/c1-16(2)20-7-3-4-8-21(20)27-15-22(24)23-17-9-11-18(12-10-17)26-14-19-6-5-13-25-19/h3-4,7-12,16,19H,5-6,13-15H2,1-2H3,(H,23,24). The van der Waals surface area contributed by atoms with E-state index in [0.717, 1.165) is 36.5 Å². The lowest BCUT2D eigenvalue weighted by Crippen LogP contribution is -2.20. The molecule has 2 aromatic carbocycles. The van der Waals surface area contributed by atoms with E-state index in [2.05, 4.69) is 19.2 Å². The van der Waals surface area contributed by atoms with Crippen LogP contribution < -0.4 is 14.8 Å². The molecule has 5 heteroatoms. The fourth-order valence-electron chi connectivity index (χ4n) is 3.03. The molecule has 3 rings (SSSR count). The number of amides is 1. The summed E-state index contributed by atoms with van der Waals surface area (Å²) in [6.45, 7) is 5.56. The Balaban J connectivity index is 1.46. The van der Waals surface area contributed by atoms with Gasteiger partial charge in [0, 0.05) is 12.3 Å². The van der Waals surface area contributed by atoms with Crippen LogP contribution in [0.15, 0.2) is 48.5 Å². The summed E-state index contributed by atoms with van der Waals surface area (Å²) in [7, 11) is 0. The molecule has 1 heterocycles. The number of carbonyl (C=O) groups excluding carboxylic acids is 1. The van der Waals surface area contributed by atoms with E-state index in [-0.39, 0.29) is 18.6 Å². The van der Waals surface area contributed by atoms with E-state index >= 15 is 0 Å². The van der Waals surface area contributed by atoms with Gasteiger partial charge in [0.25, 0.3) is 5.91 Å². The molecule has 0 bridgehead atoms. The third kappa shape index (κ3) is 5.73. The highest BCUT2D eigenvalue weighted by atomic mass is 16.5. The van der Waals surface area contributed by atoms with E-state index in [1.807, 2.05) is 48.5 Å². The molecule has 1 amide bonds. The van der Waals surface area contributed by atoms with Crippen molar-refractivity contribution >= 4 is 11.6 Å². The third-order valence-electron chi connectivity index (χ3n) is 4.50. The number of benzene rings is 2. The average Bonchev–Trinajstić information content (AvgIpc) is 3.19. The smallest absolute Gasteiger partial charge is 0.262 e. The third-order valence-corrected chi connectivity index (χ3v) is 4.50. The Labute approximate surface area is 160 Å². The van der Waals surface area contributed by atoms with Gasteiger partial charge < -0.3 is 19.5 Å². The first kappa shape index (κ1) is 19.2. The van der Waals surface area contributed by atoms with Gasteiger partial charge in [-0.2, -0.15) is 0 Å². The van der Waals surface area contributed by atoms with Gasteiger partial charge in [0.2, 0.25) is 0 Å². The molecule has 1 unspecified atom stereocenters. The van der Waals surface area contributed by atoms with Gasteiger partial charge in [-0.05, 0) is 54.7 Å². The molecule has 5 nitrogen and oxygen atoms in total. The highest BCUT2D eigenvalue weighted by Gasteiger charge is 2.16. The first-order valence-electron chi connectivity index (χ1n) is 9.48. The van der Waals surface area contributed by atoms with Crippen molar-refractivity contribution in [2.45, 2.75) is 38.7 Å². The van der Waals surface area contributed by atoms with Crippen molar-refractivity contribution in [2.24, 2.45) is 0 Å². The van der Waals surface area contributed by atoms with Crippen molar-refractivity contribution in [3.63, 3.8) is 0 Å². The van der Waals surface area contributed by atoms with E-state index in [0.29, 0.717) is 18.2 Å². The van der Waals surface area contributed by atoms with E-state index in [4.69, 9.17) is 14.2 Å². The highest BCUT2D eigenvalue weighted by Crippen LogP contribution is 2.26. The van der Waals surface area contributed by atoms with E-state index in [1.165, 1.54) is 0 Å². The summed E-state index contributed by atoms with van der Waals surface area (Å²) >= 11 is 0. The molecule has 144 valence electrons. The lowest BCUT2D eigenvalue weighted by Gasteiger charge is -2.14. The number of carbonyl (C=O) groups is 1. The highest BCUT2D eigenvalue weighted by molar-refractivity contribution is 5.91. The zero-order chi connectivity index (χ0) is 19.1. The molecule has 1 saturated heterocycles. The maximum atomic E-state index is 12.2. The molecule has 1 atom stereocenters. The van der Waals surface area contributed by atoms with Gasteiger partial charge in [-0.1, -0.05) is 32.0 Å². The maximum Gasteiger partial charge on any atom is 0.262 e. The predicted molar refractivity (Wildman–Crippen MR) is 106 cm³/mol. The largest absolute Gasteiger partial charge is 0.491 e. The molecule has 1 aliphatic heterocycles. The van der Waals surface area contributed by atoms with Gasteiger partial charge in [0.15, 0.2) is 6.61 Å². The fraction of sp³-hybridized carbons (Fsp3) is 0.409. The van der Waals surface area contributed by atoms with Gasteiger partial charge in [-0.3, -0.25) is 4.79 Å². The van der Waals surface area contributed by atoms with E-state index < -0.39 is 0 Å². The molecule has 0 radical (unpaired) electrons. The Kier molecular flexibility index (Phi) is 6.71. The molecule has 0 saturated carbocycles.